The van der Waals surface area contributed by atoms with Gasteiger partial charge in [-0.1, -0.05) is 0 Å². The first-order valence-corrected chi connectivity index (χ1v) is 7.25. The van der Waals surface area contributed by atoms with Gasteiger partial charge in [-0.3, -0.25) is 4.79 Å². The van der Waals surface area contributed by atoms with Crippen molar-refractivity contribution < 1.29 is 4.79 Å². The lowest BCUT2D eigenvalue weighted by atomic mass is 9.82. The number of nitrogens with one attached hydrogen (secondary N) is 2. The van der Waals surface area contributed by atoms with E-state index in [1.165, 1.54) is 0 Å². The predicted molar refractivity (Wildman–Crippen MR) is 88.1 cm³/mol. The van der Waals surface area contributed by atoms with Gasteiger partial charge in [0.25, 0.3) is 0 Å². The zero-order valence-corrected chi connectivity index (χ0v) is 14.6. The molecule has 4 nitrogen and oxygen atoms in total. The minimum Gasteiger partial charge on any atom is -0.351 e. The summed E-state index contributed by atoms with van der Waals surface area (Å²) in [5, 5.41) is 7.41. The van der Waals surface area contributed by atoms with Crippen molar-refractivity contribution in [2.75, 3.05) is 13.1 Å². The number of thiazole rings is 1. The van der Waals surface area contributed by atoms with Gasteiger partial charge in [0.15, 0.2) is 0 Å². The average Bonchev–Trinajstić information content (AvgIpc) is 2.65. The SMILES string of the molecule is Cc1nc(C)c(CNC(=O)C2(C)CCCNC2)s1.Cl.Cl. The van der Waals surface area contributed by atoms with Gasteiger partial charge in [0, 0.05) is 11.4 Å². The number of carbonyl (C=O) groups excluding carboxylic acids is 1. The van der Waals surface area contributed by atoms with Crippen molar-refractivity contribution in [1.82, 2.24) is 15.6 Å². The van der Waals surface area contributed by atoms with Crippen LogP contribution in [0.1, 0.15) is 35.3 Å². The summed E-state index contributed by atoms with van der Waals surface area (Å²) in [4.78, 5) is 17.8. The van der Waals surface area contributed by atoms with E-state index in [0.717, 1.165) is 41.5 Å². The highest BCUT2D eigenvalue weighted by atomic mass is 35.5. The molecule has 1 amide bonds. The Morgan fingerprint density at radius 1 is 1.45 bits per heavy atom. The van der Waals surface area contributed by atoms with Crippen molar-refractivity contribution in [3.8, 4) is 0 Å². The third-order valence-corrected chi connectivity index (χ3v) is 4.63. The summed E-state index contributed by atoms with van der Waals surface area (Å²) >= 11 is 1.66. The average molecular weight is 340 g/mol. The third kappa shape index (κ3) is 4.58. The van der Waals surface area contributed by atoms with Gasteiger partial charge in [0.05, 0.1) is 22.7 Å². The lowest BCUT2D eigenvalue weighted by molar-refractivity contribution is -0.131. The number of aromatic nitrogens is 1. The standard InChI is InChI=1S/C13H21N3OS.2ClH/c1-9-11(18-10(2)16-9)7-15-12(17)13(3)5-4-6-14-8-13;;/h14H,4-8H2,1-3H3,(H,15,17);2*1H. The van der Waals surface area contributed by atoms with Crippen LogP contribution in [-0.4, -0.2) is 24.0 Å². The molecule has 116 valence electrons. The summed E-state index contributed by atoms with van der Waals surface area (Å²) in [6, 6.07) is 0. The molecule has 0 aliphatic carbocycles. The van der Waals surface area contributed by atoms with Crippen LogP contribution in [-0.2, 0) is 11.3 Å². The Hall–Kier alpha value is -0.360. The molecule has 0 spiro atoms. The molecule has 1 aromatic rings. The molecule has 1 aliphatic rings. The van der Waals surface area contributed by atoms with Gasteiger partial charge in [0.1, 0.15) is 0 Å². The molecule has 0 radical (unpaired) electrons. The molecule has 20 heavy (non-hydrogen) atoms. The molecule has 0 aromatic carbocycles. The third-order valence-electron chi connectivity index (χ3n) is 3.55. The fraction of sp³-hybridized carbons (Fsp3) is 0.692. The maximum atomic E-state index is 12.2. The second kappa shape index (κ2) is 8.17. The van der Waals surface area contributed by atoms with Crippen LogP contribution in [0, 0.1) is 19.3 Å². The second-order valence-corrected chi connectivity index (χ2v) is 6.55. The number of aryl methyl sites for hydroxylation is 2. The molecule has 1 atom stereocenters. The van der Waals surface area contributed by atoms with Crippen molar-refractivity contribution in [3.63, 3.8) is 0 Å². The maximum Gasteiger partial charge on any atom is 0.227 e. The smallest absolute Gasteiger partial charge is 0.227 e. The molecule has 1 saturated heterocycles. The van der Waals surface area contributed by atoms with E-state index in [1.807, 2.05) is 20.8 Å². The normalized spacial score (nSPS) is 21.6. The van der Waals surface area contributed by atoms with E-state index in [9.17, 15) is 4.79 Å². The minimum absolute atomic E-state index is 0. The highest BCUT2D eigenvalue weighted by Gasteiger charge is 2.34. The summed E-state index contributed by atoms with van der Waals surface area (Å²) in [6.07, 6.45) is 2.04. The molecule has 1 aromatic heterocycles. The van der Waals surface area contributed by atoms with Gasteiger partial charge in [-0.15, -0.1) is 36.2 Å². The van der Waals surface area contributed by atoms with Crippen LogP contribution in [0.4, 0.5) is 0 Å². The predicted octanol–water partition coefficient (Wildman–Crippen LogP) is 2.61. The Morgan fingerprint density at radius 2 is 2.15 bits per heavy atom. The molecule has 1 fully saturated rings. The highest BCUT2D eigenvalue weighted by molar-refractivity contribution is 7.11. The van der Waals surface area contributed by atoms with E-state index in [1.54, 1.807) is 11.3 Å². The fourth-order valence-corrected chi connectivity index (χ4v) is 3.24. The van der Waals surface area contributed by atoms with Crippen molar-refractivity contribution in [2.24, 2.45) is 5.41 Å². The molecule has 7 heteroatoms. The minimum atomic E-state index is -0.258. The Bertz CT molecular complexity index is 445. The topological polar surface area (TPSA) is 54.0 Å². The van der Waals surface area contributed by atoms with E-state index in [-0.39, 0.29) is 36.1 Å². The van der Waals surface area contributed by atoms with Crippen LogP contribution in [0.2, 0.25) is 0 Å². The van der Waals surface area contributed by atoms with Gasteiger partial charge in [-0.05, 0) is 40.2 Å². The summed E-state index contributed by atoms with van der Waals surface area (Å²) in [5.41, 5.74) is 0.774. The summed E-state index contributed by atoms with van der Waals surface area (Å²) in [5.74, 6) is 0.153. The lowest BCUT2D eigenvalue weighted by Gasteiger charge is -2.32. The van der Waals surface area contributed by atoms with Gasteiger partial charge in [-0.2, -0.15) is 0 Å². The number of nitrogens with zero attached hydrogens (tertiary/aromatic N) is 1. The molecule has 0 bridgehead atoms. The number of piperidine rings is 1. The maximum absolute atomic E-state index is 12.2. The number of hydrogen-bond donors (Lipinski definition) is 2. The Labute approximate surface area is 137 Å². The van der Waals surface area contributed by atoms with Crippen LogP contribution in [0.5, 0.6) is 0 Å². The van der Waals surface area contributed by atoms with E-state index < -0.39 is 0 Å². The molecular formula is C13H23Cl2N3OS. The summed E-state index contributed by atoms with van der Waals surface area (Å²) in [6.45, 7) is 8.44. The van der Waals surface area contributed by atoms with E-state index in [4.69, 9.17) is 0 Å². The largest absolute Gasteiger partial charge is 0.351 e. The molecule has 0 saturated carbocycles. The van der Waals surface area contributed by atoms with Gasteiger partial charge in [0.2, 0.25) is 5.91 Å². The molecule has 2 heterocycles. The van der Waals surface area contributed by atoms with Crippen molar-refractivity contribution in [2.45, 2.75) is 40.2 Å². The first kappa shape index (κ1) is 19.6. The van der Waals surface area contributed by atoms with Crippen molar-refractivity contribution >= 4 is 42.1 Å². The number of amides is 1. The second-order valence-electron chi connectivity index (χ2n) is 5.27. The van der Waals surface area contributed by atoms with E-state index >= 15 is 0 Å². The van der Waals surface area contributed by atoms with Crippen LogP contribution in [0.25, 0.3) is 0 Å². The monoisotopic (exact) mass is 339 g/mol. The van der Waals surface area contributed by atoms with Crippen LogP contribution < -0.4 is 10.6 Å². The molecular weight excluding hydrogens is 317 g/mol. The van der Waals surface area contributed by atoms with Gasteiger partial charge >= 0.3 is 0 Å². The number of hydrogen-bond acceptors (Lipinski definition) is 4. The quantitative estimate of drug-likeness (QED) is 0.889. The zero-order valence-electron chi connectivity index (χ0n) is 12.1. The van der Waals surface area contributed by atoms with E-state index in [0.29, 0.717) is 6.54 Å². The highest BCUT2D eigenvalue weighted by Crippen LogP contribution is 2.26. The molecule has 1 aliphatic heterocycles. The van der Waals surface area contributed by atoms with Gasteiger partial charge < -0.3 is 10.6 Å². The van der Waals surface area contributed by atoms with Crippen LogP contribution >= 0.6 is 36.2 Å². The Morgan fingerprint density at radius 3 is 2.65 bits per heavy atom. The zero-order chi connectivity index (χ0) is 13.2. The van der Waals surface area contributed by atoms with Gasteiger partial charge in [-0.25, -0.2) is 4.98 Å². The molecule has 1 unspecified atom stereocenters. The number of carbonyl (C=O) groups is 1. The number of halogens is 2. The Kier molecular flexibility index (Phi) is 8.03. The number of rotatable bonds is 3. The molecule has 2 rings (SSSR count). The first-order valence-electron chi connectivity index (χ1n) is 6.43. The molecule has 2 N–H and O–H groups in total. The lowest BCUT2D eigenvalue weighted by Crippen LogP contribution is -2.48. The van der Waals surface area contributed by atoms with Crippen LogP contribution in [0.15, 0.2) is 0 Å². The van der Waals surface area contributed by atoms with Crippen molar-refractivity contribution in [3.05, 3.63) is 15.6 Å². The summed E-state index contributed by atoms with van der Waals surface area (Å²) < 4.78 is 0. The first-order chi connectivity index (χ1) is 8.51. The summed E-state index contributed by atoms with van der Waals surface area (Å²) in [7, 11) is 0. The van der Waals surface area contributed by atoms with Crippen LogP contribution in [0.3, 0.4) is 0 Å². The fourth-order valence-electron chi connectivity index (χ4n) is 2.36. The Balaban J connectivity index is 0.00000180. The van der Waals surface area contributed by atoms with E-state index in [2.05, 4.69) is 15.6 Å². The van der Waals surface area contributed by atoms with Crippen molar-refractivity contribution in [1.29, 1.82) is 0 Å².